The van der Waals surface area contributed by atoms with Gasteiger partial charge in [0.15, 0.2) is 0 Å². The van der Waals surface area contributed by atoms with Gasteiger partial charge in [-0.15, -0.1) is 0 Å². The van der Waals surface area contributed by atoms with Gasteiger partial charge in [-0.05, 0) is 96.1 Å². The average Bonchev–Trinajstić information content (AvgIpc) is 3.76. The Labute approximate surface area is 281 Å². The number of hydrogen-bond donors (Lipinski definition) is 0. The average molecular weight is 630 g/mol. The van der Waals surface area contributed by atoms with Crippen molar-refractivity contribution < 1.29 is 0 Å². The van der Waals surface area contributed by atoms with Gasteiger partial charge in [-0.2, -0.15) is 0 Å². The SMILES string of the molecule is CC1=C(N=C2CC=CC2)c2cccc3c(-c4ccc5ccc6c(P(c7ccccc7)c7ccccc7)ccc7ccc4c5c76)ccc1c23. The van der Waals surface area contributed by atoms with Crippen LogP contribution in [0.15, 0.2) is 157 Å². The Kier molecular flexibility index (Phi) is 6.26. The van der Waals surface area contributed by atoms with E-state index in [-0.39, 0.29) is 0 Å². The molecule has 2 aliphatic carbocycles. The van der Waals surface area contributed by atoms with Crippen molar-refractivity contribution >= 4 is 83.9 Å². The lowest BCUT2D eigenvalue weighted by molar-refractivity contribution is 1.39. The lowest BCUT2D eigenvalue weighted by Crippen LogP contribution is -2.21. The molecule has 226 valence electrons. The Morgan fingerprint density at radius 1 is 0.458 bits per heavy atom. The second kappa shape index (κ2) is 10.8. The van der Waals surface area contributed by atoms with Gasteiger partial charge >= 0.3 is 0 Å². The third-order valence-corrected chi connectivity index (χ3v) is 12.9. The van der Waals surface area contributed by atoms with Crippen LogP contribution in [0, 0.1) is 0 Å². The van der Waals surface area contributed by atoms with E-state index in [4.69, 9.17) is 4.99 Å². The molecule has 0 aliphatic heterocycles. The molecule has 0 aromatic heterocycles. The molecule has 0 spiro atoms. The molecule has 8 aromatic carbocycles. The van der Waals surface area contributed by atoms with E-state index in [1.165, 1.54) is 92.5 Å². The second-order valence-corrected chi connectivity index (χ2v) is 15.2. The second-order valence-electron chi connectivity index (χ2n) is 13.0. The predicted molar refractivity (Wildman–Crippen MR) is 210 cm³/mol. The van der Waals surface area contributed by atoms with Gasteiger partial charge in [0.1, 0.15) is 0 Å². The first-order valence-electron chi connectivity index (χ1n) is 16.8. The summed E-state index contributed by atoms with van der Waals surface area (Å²) in [4.78, 5) is 5.21. The molecular weight excluding hydrogens is 597 g/mol. The molecule has 0 amide bonds. The van der Waals surface area contributed by atoms with Crippen LogP contribution in [-0.2, 0) is 0 Å². The van der Waals surface area contributed by atoms with Crippen molar-refractivity contribution in [1.82, 2.24) is 0 Å². The Balaban J connectivity index is 1.20. The highest BCUT2D eigenvalue weighted by molar-refractivity contribution is 7.80. The number of aliphatic imine (C=N–C) groups is 1. The molecule has 2 aliphatic rings. The summed E-state index contributed by atoms with van der Waals surface area (Å²) in [6.07, 6.45) is 6.38. The van der Waals surface area contributed by atoms with Crippen LogP contribution < -0.4 is 15.9 Å². The predicted octanol–water partition coefficient (Wildman–Crippen LogP) is 11.2. The van der Waals surface area contributed by atoms with Crippen LogP contribution in [0.5, 0.6) is 0 Å². The van der Waals surface area contributed by atoms with Crippen LogP contribution in [0.3, 0.4) is 0 Å². The fraction of sp³-hybridized carbons (Fsp3) is 0.0652. The highest BCUT2D eigenvalue weighted by Crippen LogP contribution is 2.48. The summed E-state index contributed by atoms with van der Waals surface area (Å²) >= 11 is 0. The van der Waals surface area contributed by atoms with E-state index in [1.54, 1.807) is 0 Å². The molecule has 48 heavy (non-hydrogen) atoms. The topological polar surface area (TPSA) is 12.4 Å². The summed E-state index contributed by atoms with van der Waals surface area (Å²) in [5.74, 6) is 0. The van der Waals surface area contributed by atoms with E-state index in [1.807, 2.05) is 0 Å². The molecule has 0 fully saturated rings. The van der Waals surface area contributed by atoms with Crippen LogP contribution in [0.1, 0.15) is 30.9 Å². The third kappa shape index (κ3) is 4.11. The summed E-state index contributed by atoms with van der Waals surface area (Å²) in [5, 5.41) is 14.8. The summed E-state index contributed by atoms with van der Waals surface area (Å²) < 4.78 is 0. The van der Waals surface area contributed by atoms with Crippen molar-refractivity contribution in [2.24, 2.45) is 4.99 Å². The Morgan fingerprint density at radius 2 is 1.02 bits per heavy atom. The van der Waals surface area contributed by atoms with Crippen LogP contribution >= 0.6 is 7.92 Å². The van der Waals surface area contributed by atoms with E-state index in [0.29, 0.717) is 0 Å². The van der Waals surface area contributed by atoms with Gasteiger partial charge in [0.25, 0.3) is 0 Å². The van der Waals surface area contributed by atoms with Gasteiger partial charge in [-0.3, -0.25) is 4.99 Å². The highest BCUT2D eigenvalue weighted by Gasteiger charge is 2.25. The van der Waals surface area contributed by atoms with Crippen LogP contribution in [-0.4, -0.2) is 5.71 Å². The Hall–Kier alpha value is -5.36. The van der Waals surface area contributed by atoms with Crippen LogP contribution in [0.25, 0.3) is 65.5 Å². The zero-order valence-electron chi connectivity index (χ0n) is 26.7. The van der Waals surface area contributed by atoms with Crippen LogP contribution in [0.4, 0.5) is 0 Å². The quantitative estimate of drug-likeness (QED) is 0.102. The molecule has 0 saturated heterocycles. The molecular formula is C46H32NP. The normalized spacial score (nSPS) is 14.2. The highest BCUT2D eigenvalue weighted by atomic mass is 31.1. The maximum atomic E-state index is 5.21. The molecule has 8 aromatic rings. The lowest BCUT2D eigenvalue weighted by atomic mass is 9.87. The van der Waals surface area contributed by atoms with E-state index < -0.39 is 7.92 Å². The van der Waals surface area contributed by atoms with E-state index in [9.17, 15) is 0 Å². The summed E-state index contributed by atoms with van der Waals surface area (Å²) in [7, 11) is -0.732. The fourth-order valence-electron chi connectivity index (χ4n) is 8.19. The number of benzene rings is 8. The molecule has 2 heteroatoms. The molecule has 0 saturated carbocycles. The molecule has 0 atom stereocenters. The first kappa shape index (κ1) is 27.7. The van der Waals surface area contributed by atoms with Crippen molar-refractivity contribution in [2.45, 2.75) is 19.8 Å². The summed E-state index contributed by atoms with van der Waals surface area (Å²) in [5.41, 5.74) is 8.83. The van der Waals surface area contributed by atoms with Gasteiger partial charge in [0.05, 0.1) is 5.70 Å². The minimum absolute atomic E-state index is 0.732. The monoisotopic (exact) mass is 629 g/mol. The minimum Gasteiger partial charge on any atom is -0.256 e. The van der Waals surface area contributed by atoms with Gasteiger partial charge in [-0.25, -0.2) is 0 Å². The van der Waals surface area contributed by atoms with Crippen LogP contribution in [0.2, 0.25) is 0 Å². The summed E-state index contributed by atoms with van der Waals surface area (Å²) in [6, 6.07) is 52.4. The molecule has 0 heterocycles. The van der Waals surface area contributed by atoms with E-state index in [0.717, 1.165) is 18.5 Å². The number of allylic oxidation sites excluding steroid dienone is 3. The van der Waals surface area contributed by atoms with Gasteiger partial charge < -0.3 is 0 Å². The van der Waals surface area contributed by atoms with E-state index >= 15 is 0 Å². The largest absolute Gasteiger partial charge is 0.256 e. The molecule has 10 rings (SSSR count). The molecule has 0 unspecified atom stereocenters. The number of rotatable bonds is 5. The van der Waals surface area contributed by atoms with Gasteiger partial charge in [-0.1, -0.05) is 152 Å². The van der Waals surface area contributed by atoms with Crippen molar-refractivity contribution in [2.75, 3.05) is 0 Å². The molecule has 1 nitrogen and oxygen atoms in total. The van der Waals surface area contributed by atoms with Crippen molar-refractivity contribution in [1.29, 1.82) is 0 Å². The zero-order valence-corrected chi connectivity index (χ0v) is 27.6. The lowest BCUT2D eigenvalue weighted by Gasteiger charge is -2.23. The van der Waals surface area contributed by atoms with Crippen molar-refractivity contribution in [3.05, 3.63) is 163 Å². The fourth-order valence-corrected chi connectivity index (χ4v) is 10.6. The minimum atomic E-state index is -0.732. The number of nitrogens with zero attached hydrogens (tertiary/aromatic N) is 1. The van der Waals surface area contributed by atoms with Gasteiger partial charge in [0.2, 0.25) is 0 Å². The molecule has 0 radical (unpaired) electrons. The Bertz CT molecular complexity index is 2610. The standard InChI is InChI=1S/C46H32NP/c1-29-35-26-27-37(38-17-10-18-41(45(35)38)46(29)47-32-11-8-9-12-32)36-23-19-30-21-25-40-42(28-22-31-20-24-39(36)43(30)44(31)40)48(33-13-4-2-5-14-33)34-15-6-3-7-16-34/h2-10,13-28H,11-12H2,1H3. The molecule has 0 bridgehead atoms. The molecule has 0 N–H and O–H groups in total. The maximum Gasteiger partial charge on any atom is 0.0743 e. The van der Waals surface area contributed by atoms with Gasteiger partial charge in [0, 0.05) is 24.1 Å². The summed E-state index contributed by atoms with van der Waals surface area (Å²) in [6.45, 7) is 2.24. The van der Waals surface area contributed by atoms with Crippen molar-refractivity contribution in [3.63, 3.8) is 0 Å². The smallest absolute Gasteiger partial charge is 0.0743 e. The number of hydrogen-bond acceptors (Lipinski definition) is 1. The van der Waals surface area contributed by atoms with Crippen molar-refractivity contribution in [3.8, 4) is 11.1 Å². The third-order valence-electron chi connectivity index (χ3n) is 10.4. The first-order valence-corrected chi connectivity index (χ1v) is 18.2. The first-order chi connectivity index (χ1) is 23.7. The van der Waals surface area contributed by atoms with E-state index in [2.05, 4.69) is 159 Å². The Morgan fingerprint density at radius 3 is 1.73 bits per heavy atom. The zero-order chi connectivity index (χ0) is 31.8. The maximum absolute atomic E-state index is 5.21.